The Kier molecular flexibility index (Phi) is 6.08. The van der Waals surface area contributed by atoms with Gasteiger partial charge in [0, 0.05) is 18.2 Å². The standard InChI is InChI=1S/C13H19F2NO/c1-2-8-16-12(7-9-17)10-3-5-11(6-4-10)13(14)15/h3-6,12-13,16-17H,2,7-9H2,1H3. The number of halogens is 2. The van der Waals surface area contributed by atoms with Gasteiger partial charge in [-0.2, -0.15) is 0 Å². The summed E-state index contributed by atoms with van der Waals surface area (Å²) in [7, 11) is 0. The summed E-state index contributed by atoms with van der Waals surface area (Å²) >= 11 is 0. The molecule has 1 unspecified atom stereocenters. The Hall–Kier alpha value is -1.00. The summed E-state index contributed by atoms with van der Waals surface area (Å²) in [5.41, 5.74) is 0.976. The Balaban J connectivity index is 2.72. The molecule has 1 aromatic carbocycles. The van der Waals surface area contributed by atoms with Crippen molar-refractivity contribution in [2.75, 3.05) is 13.2 Å². The van der Waals surface area contributed by atoms with E-state index in [-0.39, 0.29) is 18.2 Å². The number of hydrogen-bond donors (Lipinski definition) is 2. The van der Waals surface area contributed by atoms with Crippen LogP contribution in [0.1, 0.15) is 43.4 Å². The molecule has 2 nitrogen and oxygen atoms in total. The van der Waals surface area contributed by atoms with Crippen LogP contribution in [0.3, 0.4) is 0 Å². The van der Waals surface area contributed by atoms with Gasteiger partial charge < -0.3 is 10.4 Å². The van der Waals surface area contributed by atoms with Crippen molar-refractivity contribution in [3.05, 3.63) is 35.4 Å². The third-order valence-electron chi connectivity index (χ3n) is 2.65. The van der Waals surface area contributed by atoms with E-state index in [1.54, 1.807) is 12.1 Å². The van der Waals surface area contributed by atoms with Crippen molar-refractivity contribution in [1.29, 1.82) is 0 Å². The van der Waals surface area contributed by atoms with Crippen molar-refractivity contribution in [3.8, 4) is 0 Å². The van der Waals surface area contributed by atoms with Gasteiger partial charge in [-0.1, -0.05) is 31.2 Å². The van der Waals surface area contributed by atoms with Crippen molar-refractivity contribution in [2.45, 2.75) is 32.2 Å². The first-order valence-corrected chi connectivity index (χ1v) is 5.91. The molecule has 0 fully saturated rings. The molecule has 0 aromatic heterocycles. The van der Waals surface area contributed by atoms with Gasteiger partial charge in [0.25, 0.3) is 6.43 Å². The highest BCUT2D eigenvalue weighted by Gasteiger charge is 2.11. The SMILES string of the molecule is CCCNC(CCO)c1ccc(C(F)F)cc1. The van der Waals surface area contributed by atoms with E-state index in [9.17, 15) is 8.78 Å². The van der Waals surface area contributed by atoms with Gasteiger partial charge in [0.1, 0.15) is 0 Å². The third kappa shape index (κ3) is 4.40. The molecule has 0 aliphatic rings. The van der Waals surface area contributed by atoms with Crippen LogP contribution in [-0.2, 0) is 0 Å². The van der Waals surface area contributed by atoms with Gasteiger partial charge in [-0.05, 0) is 24.9 Å². The van der Waals surface area contributed by atoms with Crippen LogP contribution in [0.15, 0.2) is 24.3 Å². The normalized spacial score (nSPS) is 13.0. The Morgan fingerprint density at radius 1 is 1.18 bits per heavy atom. The first-order valence-electron chi connectivity index (χ1n) is 5.91. The second kappa shape index (κ2) is 7.35. The van der Waals surface area contributed by atoms with Crippen LogP contribution in [-0.4, -0.2) is 18.3 Å². The predicted molar refractivity (Wildman–Crippen MR) is 64.1 cm³/mol. The maximum atomic E-state index is 12.4. The summed E-state index contributed by atoms with van der Waals surface area (Å²) in [5, 5.41) is 12.3. The Morgan fingerprint density at radius 2 is 1.76 bits per heavy atom. The first-order chi connectivity index (χ1) is 8.19. The second-order valence-corrected chi connectivity index (χ2v) is 3.99. The van der Waals surface area contributed by atoms with Crippen LogP contribution in [0.25, 0.3) is 0 Å². The van der Waals surface area contributed by atoms with Crippen molar-refractivity contribution >= 4 is 0 Å². The number of rotatable bonds is 7. The lowest BCUT2D eigenvalue weighted by atomic mass is 10.0. The molecule has 0 saturated heterocycles. The number of hydrogen-bond acceptors (Lipinski definition) is 2. The highest BCUT2D eigenvalue weighted by Crippen LogP contribution is 2.22. The highest BCUT2D eigenvalue weighted by molar-refractivity contribution is 5.25. The molecule has 1 atom stereocenters. The van der Waals surface area contributed by atoms with Crippen LogP contribution in [0.5, 0.6) is 0 Å². The van der Waals surface area contributed by atoms with Crippen LogP contribution in [0.4, 0.5) is 8.78 Å². The number of aliphatic hydroxyl groups is 1. The van der Waals surface area contributed by atoms with Crippen LogP contribution < -0.4 is 5.32 Å². The van der Waals surface area contributed by atoms with Crippen molar-refractivity contribution < 1.29 is 13.9 Å². The summed E-state index contributed by atoms with van der Waals surface area (Å²) in [6.07, 6.45) is -0.839. The van der Waals surface area contributed by atoms with Gasteiger partial charge in [-0.3, -0.25) is 0 Å². The number of alkyl halides is 2. The fourth-order valence-corrected chi connectivity index (χ4v) is 1.71. The van der Waals surface area contributed by atoms with E-state index in [1.807, 2.05) is 0 Å². The molecule has 0 radical (unpaired) electrons. The number of nitrogens with one attached hydrogen (secondary N) is 1. The lowest BCUT2D eigenvalue weighted by Crippen LogP contribution is -2.23. The van der Waals surface area contributed by atoms with E-state index in [0.717, 1.165) is 18.5 Å². The molecule has 0 amide bonds. The van der Waals surface area contributed by atoms with E-state index < -0.39 is 6.43 Å². The third-order valence-corrected chi connectivity index (χ3v) is 2.65. The molecule has 2 N–H and O–H groups in total. The van der Waals surface area contributed by atoms with Crippen LogP contribution >= 0.6 is 0 Å². The summed E-state index contributed by atoms with van der Waals surface area (Å²) < 4.78 is 24.8. The summed E-state index contributed by atoms with van der Waals surface area (Å²) in [6.45, 7) is 2.99. The molecule has 0 bridgehead atoms. The van der Waals surface area contributed by atoms with Gasteiger partial charge in [0.2, 0.25) is 0 Å². The van der Waals surface area contributed by atoms with Crippen molar-refractivity contribution in [3.63, 3.8) is 0 Å². The Labute approximate surface area is 101 Å². The molecule has 1 rings (SSSR count). The zero-order chi connectivity index (χ0) is 12.7. The molecule has 0 spiro atoms. The monoisotopic (exact) mass is 243 g/mol. The Bertz CT molecular complexity index is 314. The average molecular weight is 243 g/mol. The molecular formula is C13H19F2NO. The quantitative estimate of drug-likeness (QED) is 0.771. The minimum atomic E-state index is -2.43. The molecule has 96 valence electrons. The fourth-order valence-electron chi connectivity index (χ4n) is 1.71. The molecule has 4 heteroatoms. The van der Waals surface area contributed by atoms with E-state index in [4.69, 9.17) is 5.11 Å². The molecule has 0 aliphatic heterocycles. The largest absolute Gasteiger partial charge is 0.396 e. The second-order valence-electron chi connectivity index (χ2n) is 3.99. The number of aliphatic hydroxyl groups excluding tert-OH is 1. The van der Waals surface area contributed by atoms with Crippen LogP contribution in [0.2, 0.25) is 0 Å². The van der Waals surface area contributed by atoms with Gasteiger partial charge >= 0.3 is 0 Å². The van der Waals surface area contributed by atoms with E-state index in [1.165, 1.54) is 12.1 Å². The first kappa shape index (κ1) is 14.1. The summed E-state index contributed by atoms with van der Waals surface area (Å²) in [4.78, 5) is 0. The van der Waals surface area contributed by atoms with Gasteiger partial charge in [0.15, 0.2) is 0 Å². The maximum Gasteiger partial charge on any atom is 0.263 e. The lowest BCUT2D eigenvalue weighted by Gasteiger charge is -2.18. The zero-order valence-corrected chi connectivity index (χ0v) is 10.00. The molecule has 0 heterocycles. The average Bonchev–Trinajstić information content (AvgIpc) is 2.34. The van der Waals surface area contributed by atoms with E-state index in [2.05, 4.69) is 12.2 Å². The summed E-state index contributed by atoms with van der Waals surface area (Å²) in [5.74, 6) is 0. The van der Waals surface area contributed by atoms with Crippen LogP contribution in [0, 0.1) is 0 Å². The van der Waals surface area contributed by atoms with Gasteiger partial charge in [0.05, 0.1) is 0 Å². The summed E-state index contributed by atoms with van der Waals surface area (Å²) in [6, 6.07) is 6.32. The van der Waals surface area contributed by atoms with E-state index in [0.29, 0.717) is 6.42 Å². The van der Waals surface area contributed by atoms with Gasteiger partial charge in [-0.15, -0.1) is 0 Å². The fraction of sp³-hybridized carbons (Fsp3) is 0.538. The predicted octanol–water partition coefficient (Wildman–Crippen LogP) is 3.05. The molecule has 17 heavy (non-hydrogen) atoms. The van der Waals surface area contributed by atoms with Gasteiger partial charge in [-0.25, -0.2) is 8.78 Å². The topological polar surface area (TPSA) is 32.3 Å². The van der Waals surface area contributed by atoms with Crippen molar-refractivity contribution in [1.82, 2.24) is 5.32 Å². The molecule has 1 aromatic rings. The molecular weight excluding hydrogens is 224 g/mol. The zero-order valence-electron chi connectivity index (χ0n) is 10.00. The minimum Gasteiger partial charge on any atom is -0.396 e. The number of benzene rings is 1. The maximum absolute atomic E-state index is 12.4. The lowest BCUT2D eigenvalue weighted by molar-refractivity contribution is 0.151. The Morgan fingerprint density at radius 3 is 2.24 bits per heavy atom. The van der Waals surface area contributed by atoms with E-state index >= 15 is 0 Å². The van der Waals surface area contributed by atoms with Crippen molar-refractivity contribution in [2.24, 2.45) is 0 Å². The smallest absolute Gasteiger partial charge is 0.263 e. The molecule has 0 aliphatic carbocycles. The molecule has 0 saturated carbocycles. The highest BCUT2D eigenvalue weighted by atomic mass is 19.3. The minimum absolute atomic E-state index is 0.0340.